The number of carbonyl (C=O) groups excluding carboxylic acids is 2. The Morgan fingerprint density at radius 1 is 0.645 bits per heavy atom. The lowest BCUT2D eigenvalue weighted by molar-refractivity contribution is 0.0985. The van der Waals surface area contributed by atoms with E-state index < -0.39 is 0 Å². The molecule has 4 aromatic carbocycles. The lowest BCUT2D eigenvalue weighted by atomic mass is 9.92. The summed E-state index contributed by atoms with van der Waals surface area (Å²) in [6.07, 6.45) is 1.36. The Morgan fingerprint density at radius 2 is 1.35 bits per heavy atom. The lowest BCUT2D eigenvalue weighted by Gasteiger charge is -2.17. The van der Waals surface area contributed by atoms with Gasteiger partial charge in [-0.05, 0) is 35.0 Å². The van der Waals surface area contributed by atoms with Gasteiger partial charge >= 0.3 is 0 Å². The lowest BCUT2D eigenvalue weighted by Crippen LogP contribution is -2.21. The topological polar surface area (TPSA) is 46.2 Å². The highest BCUT2D eigenvalue weighted by Crippen LogP contribution is 2.24. The molecule has 0 fully saturated rings. The highest BCUT2D eigenvalue weighted by Gasteiger charge is 2.25. The monoisotopic (exact) mass is 399 g/mol. The Kier molecular flexibility index (Phi) is 4.67. The number of hydrogen-bond acceptors (Lipinski definition) is 3. The van der Waals surface area contributed by atoms with Gasteiger partial charge in [0.15, 0.2) is 5.78 Å². The third kappa shape index (κ3) is 3.63. The Balaban J connectivity index is 1.46. The number of allylic oxidation sites excluding steroid dienone is 2. The van der Waals surface area contributed by atoms with Crippen molar-refractivity contribution < 1.29 is 9.59 Å². The van der Waals surface area contributed by atoms with E-state index in [1.54, 1.807) is 24.3 Å². The summed E-state index contributed by atoms with van der Waals surface area (Å²) >= 11 is 0. The van der Waals surface area contributed by atoms with E-state index >= 15 is 0 Å². The summed E-state index contributed by atoms with van der Waals surface area (Å²) in [5.74, 6) is 6.01. The van der Waals surface area contributed by atoms with Crippen molar-refractivity contribution in [1.29, 1.82) is 0 Å². The van der Waals surface area contributed by atoms with Crippen molar-refractivity contribution >= 4 is 28.0 Å². The number of hydrogen-bond donors (Lipinski definition) is 1. The summed E-state index contributed by atoms with van der Waals surface area (Å²) in [5.41, 5.74) is 3.44. The minimum absolute atomic E-state index is 0.183. The molecule has 0 aliphatic heterocycles. The van der Waals surface area contributed by atoms with Crippen LogP contribution in [0.2, 0.25) is 0 Å². The second kappa shape index (κ2) is 7.78. The number of Topliss-reactive ketones (excluding diaryl/α,β-unsaturated/α-hetero) is 1. The molecule has 0 radical (unpaired) electrons. The second-order valence-electron chi connectivity index (χ2n) is 7.28. The molecule has 1 aliphatic carbocycles. The summed E-state index contributed by atoms with van der Waals surface area (Å²) in [6.45, 7) is 0. The van der Waals surface area contributed by atoms with E-state index in [9.17, 15) is 9.59 Å². The van der Waals surface area contributed by atoms with Crippen LogP contribution in [-0.2, 0) is 0 Å². The number of para-hydroxylation sites is 1. The molecule has 0 amide bonds. The first-order valence-electron chi connectivity index (χ1n) is 9.96. The van der Waals surface area contributed by atoms with E-state index in [1.807, 2.05) is 42.5 Å². The molecule has 0 atom stereocenters. The van der Waals surface area contributed by atoms with Gasteiger partial charge in [-0.2, -0.15) is 0 Å². The largest absolute Gasteiger partial charge is 0.351 e. The SMILES string of the molecule is O=C1C=C(Nc2ccccc2C#Cc2ccc3ccccc3c2)C(=O)c2ccccc21. The third-order valence-electron chi connectivity index (χ3n) is 5.24. The predicted octanol–water partition coefficient (Wildman–Crippen LogP) is 5.61. The van der Waals surface area contributed by atoms with Crippen molar-refractivity contribution in [3.8, 4) is 11.8 Å². The molecule has 0 aromatic heterocycles. The van der Waals surface area contributed by atoms with Gasteiger partial charge < -0.3 is 5.32 Å². The number of rotatable bonds is 2. The van der Waals surface area contributed by atoms with Crippen LogP contribution in [0.5, 0.6) is 0 Å². The quantitative estimate of drug-likeness (QED) is 0.445. The molecule has 3 heteroatoms. The second-order valence-corrected chi connectivity index (χ2v) is 7.28. The molecule has 1 N–H and O–H groups in total. The van der Waals surface area contributed by atoms with E-state index in [0.29, 0.717) is 16.8 Å². The van der Waals surface area contributed by atoms with E-state index in [0.717, 1.165) is 16.5 Å². The van der Waals surface area contributed by atoms with Crippen molar-refractivity contribution in [3.05, 3.63) is 125 Å². The summed E-state index contributed by atoms with van der Waals surface area (Å²) in [5, 5.41) is 5.43. The van der Waals surface area contributed by atoms with Crippen molar-refractivity contribution in [3.63, 3.8) is 0 Å². The molecule has 0 heterocycles. The van der Waals surface area contributed by atoms with Gasteiger partial charge in [0, 0.05) is 28.3 Å². The van der Waals surface area contributed by atoms with Crippen LogP contribution in [0.3, 0.4) is 0 Å². The van der Waals surface area contributed by atoms with Crippen LogP contribution in [0.25, 0.3) is 10.8 Å². The Hall–Kier alpha value is -4.42. The maximum atomic E-state index is 12.9. The van der Waals surface area contributed by atoms with E-state index in [4.69, 9.17) is 0 Å². The average Bonchev–Trinajstić information content (AvgIpc) is 2.81. The van der Waals surface area contributed by atoms with Crippen molar-refractivity contribution in [2.45, 2.75) is 0 Å². The molecular weight excluding hydrogens is 382 g/mol. The van der Waals surface area contributed by atoms with Gasteiger partial charge in [-0.15, -0.1) is 0 Å². The van der Waals surface area contributed by atoms with Crippen molar-refractivity contribution in [2.24, 2.45) is 0 Å². The molecule has 0 saturated heterocycles. The summed E-state index contributed by atoms with van der Waals surface area (Å²) in [6, 6.07) is 28.6. The van der Waals surface area contributed by atoms with E-state index in [1.165, 1.54) is 11.5 Å². The normalized spacial score (nSPS) is 12.6. The van der Waals surface area contributed by atoms with Gasteiger partial charge in [-0.3, -0.25) is 9.59 Å². The zero-order valence-corrected chi connectivity index (χ0v) is 16.6. The van der Waals surface area contributed by atoms with Crippen molar-refractivity contribution in [2.75, 3.05) is 5.32 Å². The molecule has 4 aromatic rings. The van der Waals surface area contributed by atoms with Gasteiger partial charge in [0.25, 0.3) is 0 Å². The molecule has 3 nitrogen and oxygen atoms in total. The number of carbonyl (C=O) groups is 2. The Morgan fingerprint density at radius 3 is 2.23 bits per heavy atom. The minimum atomic E-state index is -0.201. The minimum Gasteiger partial charge on any atom is -0.351 e. The molecule has 146 valence electrons. The van der Waals surface area contributed by atoms with Crippen LogP contribution in [0.1, 0.15) is 31.8 Å². The molecule has 0 spiro atoms. The number of anilines is 1. The first-order valence-corrected chi connectivity index (χ1v) is 9.96. The van der Waals surface area contributed by atoms with Crippen LogP contribution in [0.15, 0.2) is 103 Å². The van der Waals surface area contributed by atoms with Crippen LogP contribution in [0.4, 0.5) is 5.69 Å². The average molecular weight is 399 g/mol. The highest BCUT2D eigenvalue weighted by atomic mass is 16.1. The van der Waals surface area contributed by atoms with Crippen LogP contribution < -0.4 is 5.32 Å². The number of ketones is 2. The van der Waals surface area contributed by atoms with Gasteiger partial charge in [0.2, 0.25) is 5.78 Å². The van der Waals surface area contributed by atoms with E-state index in [2.05, 4.69) is 41.4 Å². The zero-order valence-electron chi connectivity index (χ0n) is 16.6. The Bertz CT molecular complexity index is 1450. The van der Waals surface area contributed by atoms with Gasteiger partial charge in [-0.25, -0.2) is 0 Å². The molecule has 5 rings (SSSR count). The molecule has 0 unspecified atom stereocenters. The number of fused-ring (bicyclic) bond motifs is 2. The fraction of sp³-hybridized carbons (Fsp3) is 0. The molecule has 1 aliphatic rings. The van der Waals surface area contributed by atoms with Gasteiger partial charge in [0.1, 0.15) is 0 Å². The molecular formula is C28H17NO2. The van der Waals surface area contributed by atoms with Gasteiger partial charge in [-0.1, -0.05) is 78.6 Å². The molecule has 0 saturated carbocycles. The summed E-state index contributed by atoms with van der Waals surface area (Å²) in [7, 11) is 0. The highest BCUT2D eigenvalue weighted by molar-refractivity contribution is 6.25. The summed E-state index contributed by atoms with van der Waals surface area (Å²) < 4.78 is 0. The fourth-order valence-corrected chi connectivity index (χ4v) is 3.66. The summed E-state index contributed by atoms with van der Waals surface area (Å²) in [4.78, 5) is 25.3. The van der Waals surface area contributed by atoms with E-state index in [-0.39, 0.29) is 17.3 Å². The van der Waals surface area contributed by atoms with Gasteiger partial charge in [0.05, 0.1) is 11.4 Å². The Labute approximate surface area is 180 Å². The predicted molar refractivity (Wildman–Crippen MR) is 123 cm³/mol. The fourth-order valence-electron chi connectivity index (χ4n) is 3.66. The number of nitrogens with one attached hydrogen (secondary N) is 1. The van der Waals surface area contributed by atoms with Crippen molar-refractivity contribution in [1.82, 2.24) is 0 Å². The maximum Gasteiger partial charge on any atom is 0.210 e. The molecule has 0 bridgehead atoms. The van der Waals surface area contributed by atoms with Crippen LogP contribution in [-0.4, -0.2) is 11.6 Å². The smallest absolute Gasteiger partial charge is 0.210 e. The maximum absolute atomic E-state index is 12.9. The zero-order chi connectivity index (χ0) is 21.2. The number of benzene rings is 4. The third-order valence-corrected chi connectivity index (χ3v) is 5.24. The first kappa shape index (κ1) is 18.6. The standard InChI is InChI=1S/C28H17NO2/c30-27-18-26(28(31)24-11-5-4-10-23(24)27)29-25-12-6-3-8-21(25)16-14-19-13-15-20-7-1-2-9-22(20)17-19/h1-13,15,17-18,29H. The molecule has 31 heavy (non-hydrogen) atoms. The van der Waals surface area contributed by atoms with Crippen LogP contribution >= 0.6 is 0 Å². The van der Waals surface area contributed by atoms with Crippen LogP contribution in [0, 0.1) is 11.8 Å². The first-order chi connectivity index (χ1) is 15.2.